The van der Waals surface area contributed by atoms with Crippen molar-refractivity contribution in [3.05, 3.63) is 60.7 Å². The lowest BCUT2D eigenvalue weighted by atomic mass is 10.3. The molecule has 20 heavy (non-hydrogen) atoms. The zero-order chi connectivity index (χ0) is 14.4. The summed E-state index contributed by atoms with van der Waals surface area (Å²) in [6.07, 6.45) is 0.440. The quantitative estimate of drug-likeness (QED) is 0.483. The van der Waals surface area contributed by atoms with Gasteiger partial charge in [-0.1, -0.05) is 36.4 Å². The highest BCUT2D eigenvalue weighted by atomic mass is 32.2. The van der Waals surface area contributed by atoms with Crippen LogP contribution in [0, 0.1) is 0 Å². The van der Waals surface area contributed by atoms with Gasteiger partial charge in [-0.2, -0.15) is 9.53 Å². The molecule has 104 valence electrons. The Morgan fingerprint density at radius 1 is 0.950 bits per heavy atom. The van der Waals surface area contributed by atoms with Crippen LogP contribution in [0.15, 0.2) is 60.7 Å². The molecule has 2 rings (SSSR count). The monoisotopic (exact) mass is 291 g/mol. The van der Waals surface area contributed by atoms with Crippen LogP contribution in [0.4, 0.5) is 11.4 Å². The summed E-state index contributed by atoms with van der Waals surface area (Å²) in [4.78, 5) is 10.8. The van der Waals surface area contributed by atoms with Crippen LogP contribution in [-0.2, 0) is 16.1 Å². The van der Waals surface area contributed by atoms with E-state index in [1.54, 1.807) is 54.6 Å². The Balaban J connectivity index is 2.44. The highest BCUT2D eigenvalue weighted by molar-refractivity contribution is 7.80. The van der Waals surface area contributed by atoms with E-state index < -0.39 is 11.3 Å². The molecular formula is C13H13N3O3S. The summed E-state index contributed by atoms with van der Waals surface area (Å²) in [6.45, 7) is 0. The van der Waals surface area contributed by atoms with Crippen molar-refractivity contribution in [2.75, 3.05) is 9.53 Å². The Bertz CT molecular complexity index is 580. The average Bonchev–Trinajstić information content (AvgIpc) is 2.48. The van der Waals surface area contributed by atoms with Gasteiger partial charge < -0.3 is 0 Å². The number of amides is 1. The predicted molar refractivity (Wildman–Crippen MR) is 77.8 cm³/mol. The predicted octanol–water partition coefficient (Wildman–Crippen LogP) is 1.71. The number of benzene rings is 2. The number of carbonyl (C=O) groups excluding carboxylic acids is 1. The molecule has 2 aromatic rings. The second kappa shape index (κ2) is 6.69. The van der Waals surface area contributed by atoms with E-state index in [0.717, 1.165) is 4.41 Å². The maximum atomic E-state index is 11.6. The Morgan fingerprint density at radius 3 is 1.90 bits per heavy atom. The molecule has 0 heterocycles. The summed E-state index contributed by atoms with van der Waals surface area (Å²) in [5, 5.41) is 1.21. The number of hydrogen-bond acceptors (Lipinski definition) is 3. The normalized spacial score (nSPS) is 11.4. The van der Waals surface area contributed by atoms with Gasteiger partial charge >= 0.3 is 0 Å². The molecule has 0 aliphatic rings. The molecular weight excluding hydrogens is 278 g/mol. The summed E-state index contributed by atoms with van der Waals surface area (Å²) in [5.74, 6) is 0. The van der Waals surface area contributed by atoms with E-state index in [9.17, 15) is 13.6 Å². The Hall–Kier alpha value is -2.38. The number of rotatable bonds is 6. The van der Waals surface area contributed by atoms with Crippen molar-refractivity contribution in [3.63, 3.8) is 0 Å². The van der Waals surface area contributed by atoms with Crippen molar-refractivity contribution < 1.29 is 13.6 Å². The third-order valence-corrected chi connectivity index (χ3v) is 3.15. The highest BCUT2D eigenvalue weighted by Gasteiger charge is 2.21. The van der Waals surface area contributed by atoms with Gasteiger partial charge in [0.2, 0.25) is 6.41 Å². The summed E-state index contributed by atoms with van der Waals surface area (Å²) in [5.41, 5.74) is 3.42. The number of para-hydroxylation sites is 2. The third kappa shape index (κ3) is 3.14. The molecule has 1 atom stereocenters. The minimum absolute atomic E-state index is 0.440. The third-order valence-electron chi connectivity index (χ3n) is 2.48. The summed E-state index contributed by atoms with van der Waals surface area (Å²) in [7, 11) is 0. The van der Waals surface area contributed by atoms with Crippen molar-refractivity contribution in [2.24, 2.45) is 0 Å². The number of hydrazine groups is 2. The van der Waals surface area contributed by atoms with Gasteiger partial charge in [0.25, 0.3) is 11.3 Å². The first-order chi connectivity index (χ1) is 9.74. The Kier molecular flexibility index (Phi) is 4.70. The van der Waals surface area contributed by atoms with E-state index >= 15 is 0 Å². The molecule has 0 spiro atoms. The fourth-order valence-corrected chi connectivity index (χ4v) is 2.27. The fraction of sp³-hybridized carbons (Fsp3) is 0. The standard InChI is InChI=1S/C13H13N3O3S/c17-11-14-15(12-7-3-1-4-8-12)16(20(18)19)13-9-5-2-6-10-13/h1-11H,(H,14,17)(H,18,19). The van der Waals surface area contributed by atoms with Crippen molar-refractivity contribution in [2.45, 2.75) is 0 Å². The number of nitrogens with zero attached hydrogens (tertiary/aromatic N) is 2. The second-order valence-electron chi connectivity index (χ2n) is 3.73. The lowest BCUT2D eigenvalue weighted by Crippen LogP contribution is -2.52. The SMILES string of the molecule is O=CNN(c1ccccc1)N(c1ccccc1)S(=O)O. The van der Waals surface area contributed by atoms with Gasteiger partial charge in [-0.15, -0.1) is 0 Å². The lowest BCUT2D eigenvalue weighted by Gasteiger charge is -2.33. The maximum absolute atomic E-state index is 11.6. The molecule has 1 amide bonds. The van der Waals surface area contributed by atoms with E-state index in [1.165, 1.54) is 5.12 Å². The number of anilines is 2. The molecule has 0 saturated heterocycles. The van der Waals surface area contributed by atoms with E-state index in [4.69, 9.17) is 0 Å². The summed E-state index contributed by atoms with van der Waals surface area (Å²) >= 11 is -2.35. The van der Waals surface area contributed by atoms with Crippen LogP contribution in [0.25, 0.3) is 0 Å². The van der Waals surface area contributed by atoms with Gasteiger partial charge in [0, 0.05) is 0 Å². The Labute approximate surface area is 119 Å². The van der Waals surface area contributed by atoms with Crippen LogP contribution in [-0.4, -0.2) is 15.2 Å². The minimum Gasteiger partial charge on any atom is -0.288 e. The molecule has 0 aliphatic carbocycles. The smallest absolute Gasteiger partial charge is 0.283 e. The van der Waals surface area contributed by atoms with E-state index in [2.05, 4.69) is 5.43 Å². The van der Waals surface area contributed by atoms with Crippen LogP contribution >= 0.6 is 0 Å². The van der Waals surface area contributed by atoms with Gasteiger partial charge in [-0.05, 0) is 24.3 Å². The van der Waals surface area contributed by atoms with Gasteiger partial charge in [0.05, 0.1) is 11.4 Å². The van der Waals surface area contributed by atoms with E-state index in [0.29, 0.717) is 17.8 Å². The number of hydrogen-bond donors (Lipinski definition) is 2. The van der Waals surface area contributed by atoms with Gasteiger partial charge in [-0.25, -0.2) is 9.63 Å². The fourth-order valence-electron chi connectivity index (χ4n) is 1.68. The average molecular weight is 291 g/mol. The molecule has 0 saturated carbocycles. The van der Waals surface area contributed by atoms with Crippen LogP contribution in [0.2, 0.25) is 0 Å². The van der Waals surface area contributed by atoms with Gasteiger partial charge in [0.1, 0.15) is 0 Å². The van der Waals surface area contributed by atoms with E-state index in [-0.39, 0.29) is 0 Å². The largest absolute Gasteiger partial charge is 0.288 e. The maximum Gasteiger partial charge on any atom is 0.283 e. The van der Waals surface area contributed by atoms with Crippen LogP contribution in [0.3, 0.4) is 0 Å². The van der Waals surface area contributed by atoms with Crippen LogP contribution < -0.4 is 15.0 Å². The first-order valence-corrected chi connectivity index (χ1v) is 6.81. The molecule has 0 aliphatic heterocycles. The molecule has 0 bridgehead atoms. The molecule has 0 radical (unpaired) electrons. The van der Waals surface area contributed by atoms with E-state index in [1.807, 2.05) is 6.07 Å². The van der Waals surface area contributed by atoms with Crippen molar-refractivity contribution >= 4 is 29.1 Å². The number of nitrogens with one attached hydrogen (secondary N) is 1. The lowest BCUT2D eigenvalue weighted by molar-refractivity contribution is -0.109. The van der Waals surface area contributed by atoms with Crippen LogP contribution in [0.1, 0.15) is 0 Å². The summed E-state index contributed by atoms with van der Waals surface area (Å²) < 4.78 is 22.2. The van der Waals surface area contributed by atoms with Crippen molar-refractivity contribution in [1.29, 1.82) is 0 Å². The molecule has 1 unspecified atom stereocenters. The van der Waals surface area contributed by atoms with Crippen LogP contribution in [0.5, 0.6) is 0 Å². The van der Waals surface area contributed by atoms with Gasteiger partial charge in [0.15, 0.2) is 0 Å². The zero-order valence-electron chi connectivity index (χ0n) is 10.4. The van der Waals surface area contributed by atoms with Crippen molar-refractivity contribution in [1.82, 2.24) is 5.43 Å². The molecule has 2 aromatic carbocycles. The molecule has 7 heteroatoms. The molecule has 0 aromatic heterocycles. The Morgan fingerprint density at radius 2 is 1.45 bits per heavy atom. The number of carbonyl (C=O) groups is 1. The second-order valence-corrected chi connectivity index (χ2v) is 4.54. The zero-order valence-corrected chi connectivity index (χ0v) is 11.2. The summed E-state index contributed by atoms with van der Waals surface area (Å²) in [6, 6.07) is 17.3. The van der Waals surface area contributed by atoms with Gasteiger partial charge in [-0.3, -0.25) is 9.35 Å². The first-order valence-electron chi connectivity index (χ1n) is 5.75. The first kappa shape index (κ1) is 14.0. The minimum atomic E-state index is -2.35. The molecule has 6 nitrogen and oxygen atoms in total. The van der Waals surface area contributed by atoms with Crippen molar-refractivity contribution in [3.8, 4) is 0 Å². The highest BCUT2D eigenvalue weighted by Crippen LogP contribution is 2.21. The molecule has 0 fully saturated rings. The topological polar surface area (TPSA) is 72.9 Å². The molecule has 2 N–H and O–H groups in total.